The first-order valence-electron chi connectivity index (χ1n) is 8.07. The molecule has 3 aromatic rings. The van der Waals surface area contributed by atoms with Gasteiger partial charge in [0.05, 0.1) is 24.1 Å². The van der Waals surface area contributed by atoms with Crippen molar-refractivity contribution in [1.82, 2.24) is 29.7 Å². The quantitative estimate of drug-likeness (QED) is 0.730. The second-order valence-electron chi connectivity index (χ2n) is 6.09. The maximum atomic E-state index is 13.1. The van der Waals surface area contributed by atoms with Crippen LogP contribution in [0.15, 0.2) is 42.7 Å². The summed E-state index contributed by atoms with van der Waals surface area (Å²) in [6.45, 7) is 1.23. The zero-order valence-corrected chi connectivity index (χ0v) is 13.7. The van der Waals surface area contributed by atoms with Gasteiger partial charge in [-0.05, 0) is 36.8 Å². The third-order valence-corrected chi connectivity index (χ3v) is 4.45. The third-order valence-electron chi connectivity index (χ3n) is 4.45. The van der Waals surface area contributed by atoms with E-state index < -0.39 is 0 Å². The predicted octanol–water partition coefficient (Wildman–Crippen LogP) is 1.90. The highest BCUT2D eigenvalue weighted by molar-refractivity contribution is 5.94. The van der Waals surface area contributed by atoms with E-state index in [4.69, 9.17) is 0 Å². The Morgan fingerprint density at radius 1 is 1.20 bits per heavy atom. The van der Waals surface area contributed by atoms with Crippen molar-refractivity contribution >= 4 is 5.91 Å². The molecule has 2 aromatic heterocycles. The molecule has 1 saturated heterocycles. The maximum absolute atomic E-state index is 13.1. The van der Waals surface area contributed by atoms with E-state index in [0.717, 1.165) is 12.0 Å². The van der Waals surface area contributed by atoms with E-state index in [0.29, 0.717) is 24.5 Å². The molecule has 1 atom stereocenters. The molecule has 1 aliphatic heterocycles. The third kappa shape index (κ3) is 2.90. The molecule has 7 nitrogen and oxygen atoms in total. The first kappa shape index (κ1) is 15.5. The molecular weight excluding hydrogens is 323 g/mol. The predicted molar refractivity (Wildman–Crippen MR) is 88.2 cm³/mol. The average molecular weight is 340 g/mol. The molecule has 0 aliphatic carbocycles. The minimum absolute atomic E-state index is 0.0713. The molecule has 0 radical (unpaired) electrons. The number of aryl methyl sites for hydroxylation is 1. The van der Waals surface area contributed by atoms with Crippen LogP contribution in [-0.4, -0.2) is 48.7 Å². The summed E-state index contributed by atoms with van der Waals surface area (Å²) in [5.41, 5.74) is 1.93. The van der Waals surface area contributed by atoms with E-state index in [1.165, 1.54) is 12.1 Å². The molecule has 1 aliphatic rings. The number of halogens is 1. The zero-order chi connectivity index (χ0) is 17.4. The number of hydrogen-bond donors (Lipinski definition) is 0. The number of hydrogen-bond acceptors (Lipinski definition) is 4. The summed E-state index contributed by atoms with van der Waals surface area (Å²) in [6, 6.07) is 7.92. The number of likely N-dealkylation sites (tertiary alicyclic amines) is 1. The minimum atomic E-state index is -0.300. The molecule has 0 N–H and O–H groups in total. The van der Waals surface area contributed by atoms with Gasteiger partial charge in [-0.2, -0.15) is 20.1 Å². The van der Waals surface area contributed by atoms with Crippen molar-refractivity contribution < 1.29 is 9.18 Å². The molecule has 8 heteroatoms. The topological polar surface area (TPSA) is 68.8 Å². The van der Waals surface area contributed by atoms with Crippen molar-refractivity contribution in [3.8, 4) is 11.3 Å². The smallest absolute Gasteiger partial charge is 0.272 e. The number of nitrogens with zero attached hydrogens (tertiary/aromatic N) is 6. The Morgan fingerprint density at radius 2 is 1.92 bits per heavy atom. The van der Waals surface area contributed by atoms with E-state index >= 15 is 0 Å². The molecule has 128 valence electrons. The molecule has 1 unspecified atom stereocenters. The van der Waals surface area contributed by atoms with Gasteiger partial charge in [0.15, 0.2) is 0 Å². The average Bonchev–Trinajstić information content (AvgIpc) is 3.35. The maximum Gasteiger partial charge on any atom is 0.272 e. The van der Waals surface area contributed by atoms with Crippen LogP contribution in [0.3, 0.4) is 0 Å². The van der Waals surface area contributed by atoms with Gasteiger partial charge in [0.2, 0.25) is 0 Å². The van der Waals surface area contributed by atoms with Gasteiger partial charge < -0.3 is 4.90 Å². The van der Waals surface area contributed by atoms with E-state index in [1.54, 1.807) is 52.0 Å². The van der Waals surface area contributed by atoms with Crippen LogP contribution in [0.4, 0.5) is 4.39 Å². The number of aromatic nitrogens is 5. The zero-order valence-electron chi connectivity index (χ0n) is 13.7. The number of carbonyl (C=O) groups is 1. The molecule has 4 rings (SSSR count). The largest absolute Gasteiger partial charge is 0.335 e. The lowest BCUT2D eigenvalue weighted by Crippen LogP contribution is -2.30. The molecular formula is C17H17FN6O. The number of amides is 1. The summed E-state index contributed by atoms with van der Waals surface area (Å²) < 4.78 is 14.6. The lowest BCUT2D eigenvalue weighted by atomic mass is 10.1. The van der Waals surface area contributed by atoms with Gasteiger partial charge in [-0.3, -0.25) is 9.48 Å². The summed E-state index contributed by atoms with van der Waals surface area (Å²) in [4.78, 5) is 16.3. The first-order valence-corrected chi connectivity index (χ1v) is 8.07. The minimum Gasteiger partial charge on any atom is -0.335 e. The van der Waals surface area contributed by atoms with Crippen LogP contribution >= 0.6 is 0 Å². The van der Waals surface area contributed by atoms with E-state index in [2.05, 4.69) is 15.3 Å². The fourth-order valence-corrected chi connectivity index (χ4v) is 3.12. The van der Waals surface area contributed by atoms with Crippen LogP contribution in [0.25, 0.3) is 11.3 Å². The van der Waals surface area contributed by atoms with Gasteiger partial charge in [-0.15, -0.1) is 0 Å². The van der Waals surface area contributed by atoms with Crippen LogP contribution < -0.4 is 0 Å². The SMILES string of the molecule is Cn1nc(-c2ccc(F)cc2)cc1C(=O)N1CCC(n2nccn2)C1. The number of rotatable bonds is 3. The van der Waals surface area contributed by atoms with E-state index in [-0.39, 0.29) is 17.8 Å². The van der Waals surface area contributed by atoms with E-state index in [9.17, 15) is 9.18 Å². The van der Waals surface area contributed by atoms with Crippen molar-refractivity contribution in [2.75, 3.05) is 13.1 Å². The van der Waals surface area contributed by atoms with Gasteiger partial charge in [-0.25, -0.2) is 4.39 Å². The summed E-state index contributed by atoms with van der Waals surface area (Å²) in [5.74, 6) is -0.371. The lowest BCUT2D eigenvalue weighted by molar-refractivity contribution is 0.0775. The Kier molecular flexibility index (Phi) is 3.79. The molecule has 0 saturated carbocycles. The highest BCUT2D eigenvalue weighted by atomic mass is 19.1. The van der Waals surface area contributed by atoms with Crippen molar-refractivity contribution in [2.45, 2.75) is 12.5 Å². The fourth-order valence-electron chi connectivity index (χ4n) is 3.12. The van der Waals surface area contributed by atoms with Crippen molar-refractivity contribution in [3.05, 3.63) is 54.2 Å². The Bertz CT molecular complexity index is 887. The van der Waals surface area contributed by atoms with Gasteiger partial charge in [-0.1, -0.05) is 0 Å². The van der Waals surface area contributed by atoms with Crippen LogP contribution in [0.5, 0.6) is 0 Å². The normalized spacial score (nSPS) is 17.2. The highest BCUT2D eigenvalue weighted by Gasteiger charge is 2.30. The fraction of sp³-hybridized carbons (Fsp3) is 0.294. The molecule has 25 heavy (non-hydrogen) atoms. The standard InChI is InChI=1S/C17H17FN6O/c1-22-16(10-15(21-22)12-2-4-13(18)5-3-12)17(25)23-9-6-14(11-23)24-19-7-8-20-24/h2-5,7-8,10,14H,6,9,11H2,1H3. The molecule has 3 heterocycles. The second kappa shape index (κ2) is 6.12. The highest BCUT2D eigenvalue weighted by Crippen LogP contribution is 2.24. The van der Waals surface area contributed by atoms with Gasteiger partial charge in [0.25, 0.3) is 5.91 Å². The number of carbonyl (C=O) groups excluding carboxylic acids is 1. The van der Waals surface area contributed by atoms with Crippen molar-refractivity contribution in [2.24, 2.45) is 7.05 Å². The van der Waals surface area contributed by atoms with Crippen LogP contribution in [0.2, 0.25) is 0 Å². The van der Waals surface area contributed by atoms with Crippen LogP contribution in [0, 0.1) is 5.82 Å². The Hall–Kier alpha value is -3.03. The summed E-state index contributed by atoms with van der Waals surface area (Å²) in [6.07, 6.45) is 4.10. The van der Waals surface area contributed by atoms with Crippen molar-refractivity contribution in [1.29, 1.82) is 0 Å². The van der Waals surface area contributed by atoms with Gasteiger partial charge in [0, 0.05) is 25.7 Å². The molecule has 1 fully saturated rings. The lowest BCUT2D eigenvalue weighted by Gasteiger charge is -2.16. The Balaban J connectivity index is 1.54. The molecule has 0 bridgehead atoms. The number of benzene rings is 1. The Labute approximate surface area is 143 Å². The molecule has 1 aromatic carbocycles. The summed E-state index contributed by atoms with van der Waals surface area (Å²) >= 11 is 0. The van der Waals surface area contributed by atoms with E-state index in [1.807, 2.05) is 0 Å². The second-order valence-corrected chi connectivity index (χ2v) is 6.09. The monoisotopic (exact) mass is 340 g/mol. The van der Waals surface area contributed by atoms with Crippen molar-refractivity contribution in [3.63, 3.8) is 0 Å². The molecule has 0 spiro atoms. The van der Waals surface area contributed by atoms with Crippen LogP contribution in [-0.2, 0) is 7.05 Å². The summed E-state index contributed by atoms with van der Waals surface area (Å²) in [5, 5.41) is 12.7. The van der Waals surface area contributed by atoms with Crippen LogP contribution in [0.1, 0.15) is 23.0 Å². The molecule has 1 amide bonds. The Morgan fingerprint density at radius 3 is 2.64 bits per heavy atom. The van der Waals surface area contributed by atoms with Gasteiger partial charge in [0.1, 0.15) is 11.5 Å². The summed E-state index contributed by atoms with van der Waals surface area (Å²) in [7, 11) is 1.74. The van der Waals surface area contributed by atoms with Gasteiger partial charge >= 0.3 is 0 Å². The first-order chi connectivity index (χ1) is 12.1.